The Kier molecular flexibility index (Phi) is 4.50. The summed E-state index contributed by atoms with van der Waals surface area (Å²) in [6.45, 7) is 5.37. The third-order valence-corrected chi connectivity index (χ3v) is 3.89. The van der Waals surface area contributed by atoms with Crippen LogP contribution >= 0.6 is 11.6 Å². The largest absolute Gasteiger partial charge is 0.384 e. The lowest BCUT2D eigenvalue weighted by molar-refractivity contribution is 0.421. The van der Waals surface area contributed by atoms with E-state index in [4.69, 9.17) is 16.9 Å². The quantitative estimate of drug-likeness (QED) is 0.817. The first-order chi connectivity index (χ1) is 9.08. The smallest absolute Gasteiger partial charge is 0.0992 e. The lowest BCUT2D eigenvalue weighted by Crippen LogP contribution is -2.20. The van der Waals surface area contributed by atoms with E-state index < -0.39 is 0 Å². The van der Waals surface area contributed by atoms with Gasteiger partial charge in [0.1, 0.15) is 0 Å². The van der Waals surface area contributed by atoms with Crippen molar-refractivity contribution in [1.29, 1.82) is 5.26 Å². The fourth-order valence-corrected chi connectivity index (χ4v) is 3.01. The van der Waals surface area contributed by atoms with Crippen LogP contribution < -0.4 is 5.32 Å². The summed E-state index contributed by atoms with van der Waals surface area (Å²) in [6.07, 6.45) is 4.71. The minimum absolute atomic E-state index is 0.639. The van der Waals surface area contributed by atoms with Crippen LogP contribution in [0.4, 0.5) is 5.69 Å². The molecule has 0 saturated carbocycles. The van der Waals surface area contributed by atoms with Crippen LogP contribution in [0.2, 0.25) is 5.02 Å². The van der Waals surface area contributed by atoms with E-state index in [1.54, 1.807) is 12.1 Å². The molecular weight excluding hydrogens is 256 g/mol. The number of nitrogens with one attached hydrogen (secondary N) is 1. The molecule has 100 valence electrons. The summed E-state index contributed by atoms with van der Waals surface area (Å²) < 4.78 is 0. The topological polar surface area (TPSA) is 35.8 Å². The maximum atomic E-state index is 8.91. The van der Waals surface area contributed by atoms with Crippen LogP contribution in [0.5, 0.6) is 0 Å². The number of hydrogen-bond donors (Lipinski definition) is 1. The molecule has 0 fully saturated rings. The standard InChI is InChI=1S/C16H19ClN2/c1-11-5-12(2)7-14(6-11)10-19-16-8-13(9-18)3-4-15(16)17/h3-5,8,11,14,19H,6-7,10H2,1-2H3. The molecule has 1 N–H and O–H groups in total. The van der Waals surface area contributed by atoms with Gasteiger partial charge >= 0.3 is 0 Å². The van der Waals surface area contributed by atoms with Crippen LogP contribution in [0.1, 0.15) is 32.3 Å². The summed E-state index contributed by atoms with van der Waals surface area (Å²) in [7, 11) is 0. The lowest BCUT2D eigenvalue weighted by atomic mass is 9.84. The first-order valence-electron chi connectivity index (χ1n) is 6.69. The minimum Gasteiger partial charge on any atom is -0.384 e. The van der Waals surface area contributed by atoms with Crippen molar-refractivity contribution in [3.05, 3.63) is 40.4 Å². The van der Waals surface area contributed by atoms with Gasteiger partial charge in [-0.2, -0.15) is 5.26 Å². The molecule has 1 aliphatic rings. The first-order valence-corrected chi connectivity index (χ1v) is 7.07. The molecule has 0 heterocycles. The average molecular weight is 275 g/mol. The molecular formula is C16H19ClN2. The monoisotopic (exact) mass is 274 g/mol. The number of allylic oxidation sites excluding steroid dienone is 2. The van der Waals surface area contributed by atoms with Gasteiger partial charge in [0.15, 0.2) is 0 Å². The van der Waals surface area contributed by atoms with Crippen LogP contribution in [-0.2, 0) is 0 Å². The molecule has 3 heteroatoms. The van der Waals surface area contributed by atoms with Gasteiger partial charge < -0.3 is 5.32 Å². The molecule has 2 rings (SSSR count). The molecule has 0 bridgehead atoms. The summed E-state index contributed by atoms with van der Waals surface area (Å²) in [6, 6.07) is 7.47. The second-order valence-corrected chi connectivity index (χ2v) is 5.89. The number of halogens is 1. The zero-order valence-corrected chi connectivity index (χ0v) is 12.2. The lowest BCUT2D eigenvalue weighted by Gasteiger charge is -2.26. The average Bonchev–Trinajstić information content (AvgIpc) is 2.37. The fraction of sp³-hybridized carbons (Fsp3) is 0.438. The van der Waals surface area contributed by atoms with E-state index in [1.807, 2.05) is 6.07 Å². The van der Waals surface area contributed by atoms with Crippen molar-refractivity contribution in [3.63, 3.8) is 0 Å². The van der Waals surface area contributed by atoms with Crippen molar-refractivity contribution < 1.29 is 0 Å². The van der Waals surface area contributed by atoms with Gasteiger partial charge in [0.05, 0.1) is 22.3 Å². The van der Waals surface area contributed by atoms with Crippen LogP contribution in [0.15, 0.2) is 29.8 Å². The predicted octanol–water partition coefficient (Wildman–Crippen LogP) is 4.62. The van der Waals surface area contributed by atoms with Gasteiger partial charge in [0.25, 0.3) is 0 Å². The van der Waals surface area contributed by atoms with Crippen molar-refractivity contribution in [1.82, 2.24) is 0 Å². The van der Waals surface area contributed by atoms with E-state index in [9.17, 15) is 0 Å². The number of nitrogens with zero attached hydrogens (tertiary/aromatic N) is 1. The van der Waals surface area contributed by atoms with E-state index in [-0.39, 0.29) is 0 Å². The Labute approximate surface area is 120 Å². The van der Waals surface area contributed by atoms with Crippen molar-refractivity contribution in [2.45, 2.75) is 26.7 Å². The molecule has 2 nitrogen and oxygen atoms in total. The second-order valence-electron chi connectivity index (χ2n) is 5.48. The highest BCUT2D eigenvalue weighted by Gasteiger charge is 2.18. The molecule has 19 heavy (non-hydrogen) atoms. The van der Waals surface area contributed by atoms with Crippen molar-refractivity contribution in [2.24, 2.45) is 11.8 Å². The Bertz CT molecular complexity index is 528. The van der Waals surface area contributed by atoms with E-state index in [0.717, 1.165) is 18.7 Å². The highest BCUT2D eigenvalue weighted by atomic mass is 35.5. The zero-order chi connectivity index (χ0) is 13.8. The van der Waals surface area contributed by atoms with Crippen molar-refractivity contribution >= 4 is 17.3 Å². The van der Waals surface area contributed by atoms with Gasteiger partial charge in [-0.15, -0.1) is 0 Å². The Morgan fingerprint density at radius 1 is 1.47 bits per heavy atom. The first kappa shape index (κ1) is 14.0. The highest BCUT2D eigenvalue weighted by Crippen LogP contribution is 2.29. The molecule has 1 aromatic rings. The Balaban J connectivity index is 2.00. The third-order valence-electron chi connectivity index (χ3n) is 3.56. The fourth-order valence-electron chi connectivity index (χ4n) is 2.83. The number of anilines is 1. The maximum Gasteiger partial charge on any atom is 0.0992 e. The molecule has 0 radical (unpaired) electrons. The highest BCUT2D eigenvalue weighted by molar-refractivity contribution is 6.33. The van der Waals surface area contributed by atoms with Gasteiger partial charge in [-0.3, -0.25) is 0 Å². The normalized spacial score (nSPS) is 22.5. The van der Waals surface area contributed by atoms with Crippen molar-refractivity contribution in [2.75, 3.05) is 11.9 Å². The Hall–Kier alpha value is -1.46. The predicted molar refractivity (Wildman–Crippen MR) is 80.3 cm³/mol. The Morgan fingerprint density at radius 2 is 2.26 bits per heavy atom. The van der Waals surface area contributed by atoms with Gasteiger partial charge in [0.2, 0.25) is 0 Å². The summed E-state index contributed by atoms with van der Waals surface area (Å²) in [5.41, 5.74) is 2.97. The van der Waals surface area contributed by atoms with Crippen molar-refractivity contribution in [3.8, 4) is 6.07 Å². The SMILES string of the molecule is CC1=CC(C)CC(CNc2cc(C#N)ccc2Cl)C1. The van der Waals surface area contributed by atoms with E-state index >= 15 is 0 Å². The summed E-state index contributed by atoms with van der Waals surface area (Å²) in [5, 5.41) is 13.0. The third kappa shape index (κ3) is 3.75. The molecule has 2 atom stereocenters. The Morgan fingerprint density at radius 3 is 2.95 bits per heavy atom. The second kappa shape index (κ2) is 6.12. The molecule has 1 aromatic carbocycles. The molecule has 0 aliphatic heterocycles. The molecule has 1 aliphatic carbocycles. The number of benzene rings is 1. The summed E-state index contributed by atoms with van der Waals surface area (Å²) >= 11 is 6.14. The maximum absolute atomic E-state index is 8.91. The van der Waals surface area contributed by atoms with Gasteiger partial charge in [0, 0.05) is 6.54 Å². The number of hydrogen-bond acceptors (Lipinski definition) is 2. The minimum atomic E-state index is 0.639. The van der Waals surface area contributed by atoms with E-state index in [0.29, 0.717) is 22.4 Å². The van der Waals surface area contributed by atoms with Crippen LogP contribution in [0.3, 0.4) is 0 Å². The summed E-state index contributed by atoms with van der Waals surface area (Å²) in [5.74, 6) is 1.29. The zero-order valence-electron chi connectivity index (χ0n) is 11.4. The van der Waals surface area contributed by atoms with Crippen LogP contribution in [0, 0.1) is 23.2 Å². The molecule has 0 saturated heterocycles. The van der Waals surface area contributed by atoms with Crippen LogP contribution in [-0.4, -0.2) is 6.54 Å². The van der Waals surface area contributed by atoms with Gasteiger partial charge in [-0.25, -0.2) is 0 Å². The number of nitriles is 1. The van der Waals surface area contributed by atoms with E-state index in [2.05, 4.69) is 31.3 Å². The van der Waals surface area contributed by atoms with Gasteiger partial charge in [-0.1, -0.05) is 30.2 Å². The molecule has 0 spiro atoms. The molecule has 0 amide bonds. The molecule has 2 unspecified atom stereocenters. The molecule has 0 aromatic heterocycles. The number of rotatable bonds is 3. The summed E-state index contributed by atoms with van der Waals surface area (Å²) in [4.78, 5) is 0. The van der Waals surface area contributed by atoms with Crippen LogP contribution in [0.25, 0.3) is 0 Å². The van der Waals surface area contributed by atoms with Gasteiger partial charge in [-0.05, 0) is 49.8 Å². The van der Waals surface area contributed by atoms with E-state index in [1.165, 1.54) is 12.0 Å².